The zero-order valence-corrected chi connectivity index (χ0v) is 9.37. The number of hydrogen-bond donors (Lipinski definition) is 0. The van der Waals surface area contributed by atoms with Crippen LogP contribution in [0.15, 0.2) is 12.1 Å². The fraction of sp³-hybridized carbons (Fsp3) is 0.417. The number of aldehydes is 1. The van der Waals surface area contributed by atoms with Crippen molar-refractivity contribution in [1.82, 2.24) is 0 Å². The van der Waals surface area contributed by atoms with Gasteiger partial charge in [-0.3, -0.25) is 0 Å². The Morgan fingerprint density at radius 2 is 2.00 bits per heavy atom. The minimum Gasteiger partial charge on any atom is -0.493 e. The number of hydrogen-bond acceptors (Lipinski definition) is 3. The highest BCUT2D eigenvalue weighted by atomic mass is 16.5. The van der Waals surface area contributed by atoms with E-state index >= 15 is 0 Å². The molecule has 0 unspecified atom stereocenters. The van der Waals surface area contributed by atoms with E-state index in [1.807, 2.05) is 19.1 Å². The largest absolute Gasteiger partial charge is 0.493 e. The number of methoxy groups -OCH3 is 2. The Labute approximate surface area is 90.0 Å². The molecule has 0 aliphatic heterocycles. The molecule has 0 aromatic heterocycles. The zero-order chi connectivity index (χ0) is 11.3. The van der Waals surface area contributed by atoms with Gasteiger partial charge in [0.1, 0.15) is 6.29 Å². The van der Waals surface area contributed by atoms with Crippen molar-refractivity contribution in [1.29, 1.82) is 0 Å². The van der Waals surface area contributed by atoms with E-state index in [0.717, 1.165) is 29.6 Å². The van der Waals surface area contributed by atoms with Gasteiger partial charge in [-0.2, -0.15) is 0 Å². The number of carbonyl (C=O) groups is 1. The Kier molecular flexibility index (Phi) is 4.16. The summed E-state index contributed by atoms with van der Waals surface area (Å²) in [6, 6.07) is 3.82. The van der Waals surface area contributed by atoms with Crippen LogP contribution in [0, 0.1) is 0 Å². The van der Waals surface area contributed by atoms with Crippen molar-refractivity contribution in [3.05, 3.63) is 23.3 Å². The summed E-state index contributed by atoms with van der Waals surface area (Å²) >= 11 is 0. The number of benzene rings is 1. The van der Waals surface area contributed by atoms with Gasteiger partial charge in [-0.25, -0.2) is 0 Å². The molecular formula is C12H16O3. The predicted molar refractivity (Wildman–Crippen MR) is 58.7 cm³/mol. The zero-order valence-electron chi connectivity index (χ0n) is 9.37. The van der Waals surface area contributed by atoms with Crippen molar-refractivity contribution in [2.24, 2.45) is 0 Å². The number of ether oxygens (including phenoxy) is 2. The third-order valence-corrected chi connectivity index (χ3v) is 2.32. The molecule has 0 bridgehead atoms. The standard InChI is InChI=1S/C12H16O3/c1-4-10-7-9(5-6-13)8-11(14-2)12(10)15-3/h6-8H,4-5H2,1-3H3. The molecule has 0 saturated heterocycles. The summed E-state index contributed by atoms with van der Waals surface area (Å²) in [5, 5.41) is 0. The van der Waals surface area contributed by atoms with E-state index in [0.29, 0.717) is 12.2 Å². The van der Waals surface area contributed by atoms with Gasteiger partial charge in [0.15, 0.2) is 11.5 Å². The van der Waals surface area contributed by atoms with Gasteiger partial charge in [-0.1, -0.05) is 13.0 Å². The average molecular weight is 208 g/mol. The fourth-order valence-electron chi connectivity index (χ4n) is 1.58. The van der Waals surface area contributed by atoms with Gasteiger partial charge in [0.05, 0.1) is 14.2 Å². The summed E-state index contributed by atoms with van der Waals surface area (Å²) in [7, 11) is 3.22. The number of carbonyl (C=O) groups excluding carboxylic acids is 1. The Morgan fingerprint density at radius 3 is 2.47 bits per heavy atom. The number of rotatable bonds is 5. The van der Waals surface area contributed by atoms with E-state index in [-0.39, 0.29) is 0 Å². The molecule has 0 aliphatic carbocycles. The molecular weight excluding hydrogens is 192 g/mol. The summed E-state index contributed by atoms with van der Waals surface area (Å²) in [4.78, 5) is 10.5. The van der Waals surface area contributed by atoms with Gasteiger partial charge in [0.25, 0.3) is 0 Å². The van der Waals surface area contributed by atoms with E-state index in [1.165, 1.54) is 0 Å². The SMILES string of the molecule is CCc1cc(CC=O)cc(OC)c1OC. The first kappa shape index (κ1) is 11.6. The van der Waals surface area contributed by atoms with Gasteiger partial charge in [-0.05, 0) is 23.6 Å². The molecule has 3 nitrogen and oxygen atoms in total. The number of aryl methyl sites for hydroxylation is 1. The quantitative estimate of drug-likeness (QED) is 0.694. The Hall–Kier alpha value is -1.51. The highest BCUT2D eigenvalue weighted by Crippen LogP contribution is 2.32. The second-order valence-corrected chi connectivity index (χ2v) is 3.21. The van der Waals surface area contributed by atoms with Crippen molar-refractivity contribution in [3.63, 3.8) is 0 Å². The summed E-state index contributed by atoms with van der Waals surface area (Å²) in [6.07, 6.45) is 2.15. The van der Waals surface area contributed by atoms with Crippen molar-refractivity contribution in [2.45, 2.75) is 19.8 Å². The molecule has 0 N–H and O–H groups in total. The second kappa shape index (κ2) is 5.39. The van der Waals surface area contributed by atoms with Crippen LogP contribution in [0.25, 0.3) is 0 Å². The van der Waals surface area contributed by atoms with Gasteiger partial charge >= 0.3 is 0 Å². The van der Waals surface area contributed by atoms with Crippen molar-refractivity contribution < 1.29 is 14.3 Å². The van der Waals surface area contributed by atoms with Crippen LogP contribution in [-0.4, -0.2) is 20.5 Å². The van der Waals surface area contributed by atoms with Gasteiger partial charge in [0, 0.05) is 6.42 Å². The van der Waals surface area contributed by atoms with Crippen LogP contribution in [0.1, 0.15) is 18.1 Å². The lowest BCUT2D eigenvalue weighted by atomic mass is 10.0. The van der Waals surface area contributed by atoms with Gasteiger partial charge in [0.2, 0.25) is 0 Å². The first-order valence-electron chi connectivity index (χ1n) is 4.94. The van der Waals surface area contributed by atoms with Gasteiger partial charge < -0.3 is 14.3 Å². The molecule has 1 rings (SSSR count). The molecule has 0 amide bonds. The fourth-order valence-corrected chi connectivity index (χ4v) is 1.58. The Balaban J connectivity index is 3.22. The monoisotopic (exact) mass is 208 g/mol. The normalized spacial score (nSPS) is 9.80. The second-order valence-electron chi connectivity index (χ2n) is 3.21. The molecule has 82 valence electrons. The average Bonchev–Trinajstić information content (AvgIpc) is 2.28. The summed E-state index contributed by atoms with van der Waals surface area (Å²) in [5.41, 5.74) is 2.02. The minimum atomic E-state index is 0.410. The van der Waals surface area contributed by atoms with Crippen LogP contribution in [0.3, 0.4) is 0 Å². The van der Waals surface area contributed by atoms with Crippen molar-refractivity contribution in [2.75, 3.05) is 14.2 Å². The Morgan fingerprint density at radius 1 is 1.27 bits per heavy atom. The van der Waals surface area contributed by atoms with E-state index in [1.54, 1.807) is 14.2 Å². The molecule has 15 heavy (non-hydrogen) atoms. The van der Waals surface area contributed by atoms with Gasteiger partial charge in [-0.15, -0.1) is 0 Å². The lowest BCUT2D eigenvalue weighted by molar-refractivity contribution is -0.107. The summed E-state index contributed by atoms with van der Waals surface area (Å²) in [5.74, 6) is 1.45. The molecule has 0 radical (unpaired) electrons. The molecule has 1 aromatic rings. The molecule has 1 aromatic carbocycles. The maximum atomic E-state index is 10.5. The molecule has 0 heterocycles. The first-order valence-corrected chi connectivity index (χ1v) is 4.94. The molecule has 0 saturated carbocycles. The van der Waals surface area contributed by atoms with Crippen LogP contribution < -0.4 is 9.47 Å². The smallest absolute Gasteiger partial charge is 0.163 e. The third-order valence-electron chi connectivity index (χ3n) is 2.32. The topological polar surface area (TPSA) is 35.5 Å². The van der Waals surface area contributed by atoms with E-state index < -0.39 is 0 Å². The summed E-state index contributed by atoms with van der Waals surface area (Å²) in [6.45, 7) is 2.04. The van der Waals surface area contributed by atoms with E-state index in [2.05, 4.69) is 0 Å². The van der Waals surface area contributed by atoms with Crippen LogP contribution in [-0.2, 0) is 17.6 Å². The molecule has 3 heteroatoms. The van der Waals surface area contributed by atoms with E-state index in [9.17, 15) is 4.79 Å². The van der Waals surface area contributed by atoms with Crippen LogP contribution >= 0.6 is 0 Å². The lowest BCUT2D eigenvalue weighted by Crippen LogP contribution is -1.98. The maximum absolute atomic E-state index is 10.5. The maximum Gasteiger partial charge on any atom is 0.163 e. The Bertz CT molecular complexity index is 320. The highest BCUT2D eigenvalue weighted by molar-refractivity contribution is 5.58. The highest BCUT2D eigenvalue weighted by Gasteiger charge is 2.10. The van der Waals surface area contributed by atoms with Crippen LogP contribution in [0.4, 0.5) is 0 Å². The summed E-state index contributed by atoms with van der Waals surface area (Å²) < 4.78 is 10.5. The van der Waals surface area contributed by atoms with E-state index in [4.69, 9.17) is 9.47 Å². The molecule has 0 atom stereocenters. The van der Waals surface area contributed by atoms with Crippen LogP contribution in [0.5, 0.6) is 11.5 Å². The molecule has 0 fully saturated rings. The third kappa shape index (κ3) is 2.49. The predicted octanol–water partition coefficient (Wildman–Crippen LogP) is 2.01. The minimum absolute atomic E-state index is 0.410. The molecule has 0 spiro atoms. The van der Waals surface area contributed by atoms with Crippen molar-refractivity contribution >= 4 is 6.29 Å². The van der Waals surface area contributed by atoms with Crippen molar-refractivity contribution in [3.8, 4) is 11.5 Å². The van der Waals surface area contributed by atoms with Crippen LogP contribution in [0.2, 0.25) is 0 Å². The lowest BCUT2D eigenvalue weighted by Gasteiger charge is -2.13. The molecule has 0 aliphatic rings. The first-order chi connectivity index (χ1) is 7.26.